The van der Waals surface area contributed by atoms with E-state index in [1.807, 2.05) is 11.4 Å². The van der Waals surface area contributed by atoms with Crippen molar-refractivity contribution in [2.75, 3.05) is 24.5 Å². The minimum atomic E-state index is 0.699. The number of nitrogens with zero attached hydrogens (tertiary/aromatic N) is 6. The van der Waals surface area contributed by atoms with Gasteiger partial charge in [-0.05, 0) is 46.1 Å². The maximum absolute atomic E-state index is 4.43. The van der Waals surface area contributed by atoms with Crippen LogP contribution >= 0.6 is 0 Å². The zero-order valence-electron chi connectivity index (χ0n) is 13.4. The van der Waals surface area contributed by atoms with Crippen LogP contribution in [0.2, 0.25) is 0 Å². The normalized spacial score (nSPS) is 24.5. The van der Waals surface area contributed by atoms with E-state index < -0.39 is 0 Å². The number of rotatable bonds is 2. The summed E-state index contributed by atoms with van der Waals surface area (Å²) in [5.74, 6) is 1.83. The first-order valence-corrected chi connectivity index (χ1v) is 8.40. The molecule has 2 aromatic rings. The van der Waals surface area contributed by atoms with E-state index >= 15 is 0 Å². The number of hydrogen-bond donors (Lipinski definition) is 0. The lowest BCUT2D eigenvalue weighted by Crippen LogP contribution is -2.46. The van der Waals surface area contributed by atoms with E-state index in [0.29, 0.717) is 5.78 Å². The van der Waals surface area contributed by atoms with Crippen molar-refractivity contribution in [3.8, 4) is 0 Å². The summed E-state index contributed by atoms with van der Waals surface area (Å²) in [5, 5.41) is 4.33. The summed E-state index contributed by atoms with van der Waals surface area (Å²) in [7, 11) is 0. The van der Waals surface area contributed by atoms with Crippen molar-refractivity contribution in [3.63, 3.8) is 0 Å². The number of anilines is 1. The number of piperidine rings is 1. The second kappa shape index (κ2) is 5.50. The molecule has 6 heteroatoms. The summed E-state index contributed by atoms with van der Waals surface area (Å²) in [6, 6.07) is 3.64. The van der Waals surface area contributed by atoms with Crippen LogP contribution in [-0.4, -0.2) is 56.2 Å². The summed E-state index contributed by atoms with van der Waals surface area (Å²) in [5.41, 5.74) is 1.01. The first kappa shape index (κ1) is 13.9. The lowest BCUT2D eigenvalue weighted by Gasteiger charge is -2.39. The minimum Gasteiger partial charge on any atom is -0.356 e. The van der Waals surface area contributed by atoms with Crippen molar-refractivity contribution in [2.24, 2.45) is 0 Å². The largest absolute Gasteiger partial charge is 0.356 e. The smallest absolute Gasteiger partial charge is 0.254 e. The Balaban J connectivity index is 1.52. The molecule has 0 bridgehead atoms. The summed E-state index contributed by atoms with van der Waals surface area (Å²) < 4.78 is 1.87. The first-order chi connectivity index (χ1) is 10.7. The molecule has 0 N–H and O–H groups in total. The highest BCUT2D eigenvalue weighted by atomic mass is 15.4. The van der Waals surface area contributed by atoms with Gasteiger partial charge >= 0.3 is 0 Å². The summed E-state index contributed by atoms with van der Waals surface area (Å²) in [4.78, 5) is 13.8. The van der Waals surface area contributed by atoms with Gasteiger partial charge in [0, 0.05) is 36.9 Å². The monoisotopic (exact) mass is 300 g/mol. The highest BCUT2D eigenvalue weighted by Crippen LogP contribution is 2.27. The lowest BCUT2D eigenvalue weighted by atomic mass is 10.0. The molecule has 0 saturated carbocycles. The van der Waals surface area contributed by atoms with Crippen molar-refractivity contribution in [3.05, 3.63) is 18.1 Å². The van der Waals surface area contributed by atoms with Gasteiger partial charge in [0.25, 0.3) is 5.78 Å². The molecule has 2 aliphatic rings. The zero-order valence-corrected chi connectivity index (χ0v) is 13.4. The van der Waals surface area contributed by atoms with Crippen LogP contribution in [0.15, 0.2) is 12.4 Å². The summed E-state index contributed by atoms with van der Waals surface area (Å²) in [6.07, 6.45) is 6.79. The minimum absolute atomic E-state index is 0.699. The highest BCUT2D eigenvalue weighted by Gasteiger charge is 2.31. The van der Waals surface area contributed by atoms with E-state index in [-0.39, 0.29) is 0 Å². The molecule has 0 amide bonds. The molecule has 0 aliphatic carbocycles. The van der Waals surface area contributed by atoms with Crippen LogP contribution in [0.1, 0.15) is 38.3 Å². The molecule has 1 unspecified atom stereocenters. The molecule has 4 heterocycles. The van der Waals surface area contributed by atoms with Gasteiger partial charge in [-0.3, -0.25) is 4.90 Å². The molecule has 2 aromatic heterocycles. The fourth-order valence-electron chi connectivity index (χ4n) is 4.06. The van der Waals surface area contributed by atoms with Gasteiger partial charge in [0.05, 0.1) is 0 Å². The molecule has 118 valence electrons. The van der Waals surface area contributed by atoms with Crippen LogP contribution < -0.4 is 4.90 Å². The molecule has 0 spiro atoms. The molecule has 0 aromatic carbocycles. The van der Waals surface area contributed by atoms with E-state index in [0.717, 1.165) is 36.7 Å². The Morgan fingerprint density at radius 1 is 1.14 bits per heavy atom. The van der Waals surface area contributed by atoms with Gasteiger partial charge < -0.3 is 4.90 Å². The third-order valence-electron chi connectivity index (χ3n) is 5.22. The molecular formula is C16H24N6. The zero-order chi connectivity index (χ0) is 15.1. The van der Waals surface area contributed by atoms with E-state index in [9.17, 15) is 0 Å². The Kier molecular flexibility index (Phi) is 3.48. The maximum Gasteiger partial charge on any atom is 0.254 e. The number of fused-ring (bicyclic) bond motifs is 1. The topological polar surface area (TPSA) is 49.6 Å². The number of hydrogen-bond acceptors (Lipinski definition) is 5. The fourth-order valence-corrected chi connectivity index (χ4v) is 4.06. The second-order valence-corrected chi connectivity index (χ2v) is 6.67. The van der Waals surface area contributed by atoms with E-state index in [4.69, 9.17) is 0 Å². The third-order valence-corrected chi connectivity index (χ3v) is 5.22. The van der Waals surface area contributed by atoms with Gasteiger partial charge in [0.15, 0.2) is 0 Å². The Morgan fingerprint density at radius 3 is 2.68 bits per heavy atom. The lowest BCUT2D eigenvalue weighted by molar-refractivity contribution is 0.163. The predicted octanol–water partition coefficient (Wildman–Crippen LogP) is 1.89. The van der Waals surface area contributed by atoms with Gasteiger partial charge in [0.2, 0.25) is 0 Å². The summed E-state index contributed by atoms with van der Waals surface area (Å²) >= 11 is 0. The Morgan fingerprint density at radius 2 is 1.95 bits per heavy atom. The van der Waals surface area contributed by atoms with Gasteiger partial charge in [-0.15, -0.1) is 0 Å². The third kappa shape index (κ3) is 2.35. The highest BCUT2D eigenvalue weighted by molar-refractivity contribution is 5.47. The standard InChI is InChI=1S/C16H24N6/c1-12-10-15(22-16(19-12)17-11-18-22)20-8-5-14(6-9-20)21-7-3-4-13(21)2/h10-11,13-14H,3-9H2,1-2H3. The van der Waals surface area contributed by atoms with Gasteiger partial charge in [0.1, 0.15) is 12.1 Å². The Bertz CT molecular complexity index is 658. The summed E-state index contributed by atoms with van der Waals surface area (Å²) in [6.45, 7) is 7.87. The average molecular weight is 300 g/mol. The Labute approximate surface area is 131 Å². The van der Waals surface area contributed by atoms with Crippen LogP contribution in [-0.2, 0) is 0 Å². The van der Waals surface area contributed by atoms with Gasteiger partial charge in [-0.1, -0.05) is 0 Å². The van der Waals surface area contributed by atoms with Crippen LogP contribution in [0.4, 0.5) is 5.82 Å². The fraction of sp³-hybridized carbons (Fsp3) is 0.688. The number of aryl methyl sites for hydroxylation is 1. The van der Waals surface area contributed by atoms with Crippen molar-refractivity contribution in [1.82, 2.24) is 24.5 Å². The van der Waals surface area contributed by atoms with Crippen molar-refractivity contribution >= 4 is 11.6 Å². The first-order valence-electron chi connectivity index (χ1n) is 8.40. The molecule has 2 saturated heterocycles. The van der Waals surface area contributed by atoms with Crippen molar-refractivity contribution < 1.29 is 0 Å². The van der Waals surface area contributed by atoms with Crippen LogP contribution in [0, 0.1) is 6.92 Å². The van der Waals surface area contributed by atoms with Crippen molar-refractivity contribution in [1.29, 1.82) is 0 Å². The van der Waals surface area contributed by atoms with Gasteiger partial charge in [-0.25, -0.2) is 4.98 Å². The molecule has 22 heavy (non-hydrogen) atoms. The quantitative estimate of drug-likeness (QED) is 0.847. The van der Waals surface area contributed by atoms with E-state index in [1.54, 1.807) is 6.33 Å². The number of aromatic nitrogens is 4. The van der Waals surface area contributed by atoms with E-state index in [2.05, 4.69) is 37.9 Å². The van der Waals surface area contributed by atoms with Crippen molar-refractivity contribution in [2.45, 2.75) is 51.6 Å². The Hall–Kier alpha value is -1.69. The van der Waals surface area contributed by atoms with Gasteiger partial charge in [-0.2, -0.15) is 14.6 Å². The van der Waals surface area contributed by atoms with Crippen LogP contribution in [0.5, 0.6) is 0 Å². The molecule has 4 rings (SSSR count). The second-order valence-electron chi connectivity index (χ2n) is 6.67. The molecule has 6 nitrogen and oxygen atoms in total. The van der Waals surface area contributed by atoms with Crippen LogP contribution in [0.3, 0.4) is 0 Å². The number of likely N-dealkylation sites (tertiary alicyclic amines) is 1. The molecule has 2 fully saturated rings. The molecular weight excluding hydrogens is 276 g/mol. The SMILES string of the molecule is Cc1cc(N2CCC(N3CCCC3C)CC2)n2ncnc2n1. The van der Waals surface area contributed by atoms with E-state index in [1.165, 1.54) is 32.2 Å². The molecule has 1 atom stereocenters. The molecule has 0 radical (unpaired) electrons. The average Bonchev–Trinajstić information content (AvgIpc) is 3.15. The molecule has 2 aliphatic heterocycles. The maximum atomic E-state index is 4.43. The van der Waals surface area contributed by atoms with Crippen LogP contribution in [0.25, 0.3) is 5.78 Å². The predicted molar refractivity (Wildman–Crippen MR) is 86.2 cm³/mol.